The molecule has 1 unspecified atom stereocenters. The van der Waals surface area contributed by atoms with Gasteiger partial charge in [0.05, 0.1) is 6.10 Å². The Morgan fingerprint density at radius 1 is 1.44 bits per heavy atom. The zero-order valence-electron chi connectivity index (χ0n) is 9.95. The Labute approximate surface area is 104 Å². The Hall–Kier alpha value is -1.62. The van der Waals surface area contributed by atoms with Gasteiger partial charge >= 0.3 is 6.29 Å². The summed E-state index contributed by atoms with van der Waals surface area (Å²) in [5.74, 6) is -0.158. The van der Waals surface area contributed by atoms with E-state index in [-0.39, 0.29) is 11.5 Å². The first-order chi connectivity index (χ1) is 8.48. The van der Waals surface area contributed by atoms with Crippen molar-refractivity contribution in [1.82, 2.24) is 0 Å². The van der Waals surface area contributed by atoms with Crippen molar-refractivity contribution in [1.29, 1.82) is 0 Å². The first-order valence-electron chi connectivity index (χ1n) is 5.71. The van der Waals surface area contributed by atoms with Crippen LogP contribution in [0.5, 0.6) is 11.5 Å². The second kappa shape index (κ2) is 4.57. The fourth-order valence-electron chi connectivity index (χ4n) is 1.99. The van der Waals surface area contributed by atoms with Crippen LogP contribution in [0.3, 0.4) is 0 Å². The van der Waals surface area contributed by atoms with E-state index < -0.39 is 12.4 Å². The van der Waals surface area contributed by atoms with E-state index in [0.717, 1.165) is 6.42 Å². The van der Waals surface area contributed by atoms with Gasteiger partial charge in [0.1, 0.15) is 0 Å². The smallest absolute Gasteiger partial charge is 0.395 e. The van der Waals surface area contributed by atoms with Gasteiger partial charge in [-0.05, 0) is 18.1 Å². The van der Waals surface area contributed by atoms with E-state index in [4.69, 9.17) is 0 Å². The maximum Gasteiger partial charge on any atom is 0.586 e. The van der Waals surface area contributed by atoms with Crippen molar-refractivity contribution in [3.63, 3.8) is 0 Å². The molecule has 0 radical (unpaired) electrons. The summed E-state index contributed by atoms with van der Waals surface area (Å²) in [4.78, 5) is 0. The van der Waals surface area contributed by atoms with Gasteiger partial charge in [-0.25, -0.2) is 0 Å². The molecule has 0 fully saturated rings. The van der Waals surface area contributed by atoms with Gasteiger partial charge in [-0.15, -0.1) is 8.78 Å². The standard InChI is InChI=1S/C13H14F2O3/c1-3-5-9(16)11-8(4-2)6-7-10-12(11)18-13(14,15)17-10/h4,6-7,9,16H,2-3,5H2,1H3. The largest absolute Gasteiger partial charge is 0.586 e. The Bertz CT molecular complexity index is 472. The summed E-state index contributed by atoms with van der Waals surface area (Å²) >= 11 is 0. The molecule has 1 aliphatic heterocycles. The number of benzene rings is 1. The minimum atomic E-state index is -3.68. The Morgan fingerprint density at radius 3 is 2.78 bits per heavy atom. The average Bonchev–Trinajstić information content (AvgIpc) is 2.61. The zero-order chi connectivity index (χ0) is 13.3. The number of halogens is 2. The molecule has 0 aliphatic carbocycles. The van der Waals surface area contributed by atoms with Gasteiger partial charge in [0.15, 0.2) is 11.5 Å². The van der Waals surface area contributed by atoms with Crippen molar-refractivity contribution in [2.75, 3.05) is 0 Å². The van der Waals surface area contributed by atoms with Crippen molar-refractivity contribution in [3.05, 3.63) is 29.8 Å². The SMILES string of the molecule is C=Cc1ccc2c(c1C(O)CCC)OC(F)(F)O2. The van der Waals surface area contributed by atoms with Crippen LogP contribution in [0, 0.1) is 0 Å². The lowest BCUT2D eigenvalue weighted by Crippen LogP contribution is -2.26. The molecule has 0 bridgehead atoms. The fraction of sp³-hybridized carbons (Fsp3) is 0.385. The monoisotopic (exact) mass is 256 g/mol. The van der Waals surface area contributed by atoms with Crippen LogP contribution >= 0.6 is 0 Å². The minimum absolute atomic E-state index is 0.0595. The third kappa shape index (κ3) is 2.18. The zero-order valence-corrected chi connectivity index (χ0v) is 9.95. The molecule has 0 amide bonds. The van der Waals surface area contributed by atoms with Crippen molar-refractivity contribution < 1.29 is 23.4 Å². The molecule has 1 atom stereocenters. The highest BCUT2D eigenvalue weighted by Crippen LogP contribution is 2.47. The van der Waals surface area contributed by atoms with E-state index in [1.165, 1.54) is 12.1 Å². The number of hydrogen-bond donors (Lipinski definition) is 1. The molecular weight excluding hydrogens is 242 g/mol. The van der Waals surface area contributed by atoms with Gasteiger partial charge in [0.25, 0.3) is 0 Å². The molecule has 98 valence electrons. The van der Waals surface area contributed by atoms with Gasteiger partial charge in [-0.2, -0.15) is 0 Å². The molecule has 0 saturated carbocycles. The molecule has 1 aromatic carbocycles. The second-order valence-corrected chi connectivity index (χ2v) is 4.07. The summed E-state index contributed by atoms with van der Waals surface area (Å²) in [5.41, 5.74) is 0.873. The molecule has 0 spiro atoms. The van der Waals surface area contributed by atoms with Crippen LogP contribution in [0.15, 0.2) is 18.7 Å². The van der Waals surface area contributed by atoms with Crippen LogP contribution < -0.4 is 9.47 Å². The molecule has 2 rings (SSSR count). The normalized spacial score (nSPS) is 17.6. The van der Waals surface area contributed by atoms with E-state index in [9.17, 15) is 13.9 Å². The summed E-state index contributed by atoms with van der Waals surface area (Å²) in [7, 11) is 0. The third-order valence-corrected chi connectivity index (χ3v) is 2.76. The van der Waals surface area contributed by atoms with Crippen LogP contribution in [0.2, 0.25) is 0 Å². The van der Waals surface area contributed by atoms with Gasteiger partial charge in [-0.3, -0.25) is 0 Å². The molecule has 1 aliphatic rings. The second-order valence-electron chi connectivity index (χ2n) is 4.07. The van der Waals surface area contributed by atoms with Gasteiger partial charge in [0, 0.05) is 5.56 Å². The van der Waals surface area contributed by atoms with Crippen LogP contribution in [-0.2, 0) is 0 Å². The summed E-state index contributed by atoms with van der Waals surface area (Å²) < 4.78 is 34.9. The summed E-state index contributed by atoms with van der Waals surface area (Å²) in [6, 6.07) is 2.96. The topological polar surface area (TPSA) is 38.7 Å². The van der Waals surface area contributed by atoms with Crippen LogP contribution in [0.4, 0.5) is 8.78 Å². The van der Waals surface area contributed by atoms with E-state index in [1.807, 2.05) is 6.92 Å². The molecule has 0 aromatic heterocycles. The van der Waals surface area contributed by atoms with Gasteiger partial charge in [-0.1, -0.05) is 32.1 Å². The maximum atomic E-state index is 13.0. The first kappa shape index (κ1) is 12.8. The van der Waals surface area contributed by atoms with E-state index >= 15 is 0 Å². The Morgan fingerprint density at radius 2 is 2.17 bits per heavy atom. The summed E-state index contributed by atoms with van der Waals surface area (Å²) in [6.45, 7) is 5.50. The summed E-state index contributed by atoms with van der Waals surface area (Å²) in [5, 5.41) is 10.0. The molecule has 18 heavy (non-hydrogen) atoms. The fourth-order valence-corrected chi connectivity index (χ4v) is 1.99. The van der Waals surface area contributed by atoms with Gasteiger partial charge < -0.3 is 14.6 Å². The number of alkyl halides is 2. The highest BCUT2D eigenvalue weighted by molar-refractivity contribution is 5.63. The summed E-state index contributed by atoms with van der Waals surface area (Å²) in [6.07, 6.45) is -1.89. The quantitative estimate of drug-likeness (QED) is 0.896. The molecule has 1 N–H and O–H groups in total. The predicted octanol–water partition coefficient (Wildman–Crippen LogP) is 3.48. The molecule has 5 heteroatoms. The number of ether oxygens (including phenoxy) is 2. The van der Waals surface area contributed by atoms with Gasteiger partial charge in [0.2, 0.25) is 0 Å². The van der Waals surface area contributed by atoms with Crippen molar-refractivity contribution >= 4 is 6.08 Å². The predicted molar refractivity (Wildman–Crippen MR) is 62.6 cm³/mol. The van der Waals surface area contributed by atoms with E-state index in [1.54, 1.807) is 6.07 Å². The molecule has 3 nitrogen and oxygen atoms in total. The Kier molecular flexibility index (Phi) is 3.26. The van der Waals surface area contributed by atoms with Crippen LogP contribution in [-0.4, -0.2) is 11.4 Å². The van der Waals surface area contributed by atoms with Crippen molar-refractivity contribution in [2.45, 2.75) is 32.2 Å². The van der Waals surface area contributed by atoms with Crippen molar-refractivity contribution in [2.24, 2.45) is 0 Å². The maximum absolute atomic E-state index is 13.0. The third-order valence-electron chi connectivity index (χ3n) is 2.76. The van der Waals surface area contributed by atoms with E-state index in [2.05, 4.69) is 16.1 Å². The highest BCUT2D eigenvalue weighted by Gasteiger charge is 2.45. The number of aliphatic hydroxyl groups excluding tert-OH is 1. The lowest BCUT2D eigenvalue weighted by molar-refractivity contribution is -0.287. The average molecular weight is 256 g/mol. The number of aliphatic hydroxyl groups is 1. The minimum Gasteiger partial charge on any atom is -0.395 e. The first-order valence-corrected chi connectivity index (χ1v) is 5.71. The molecule has 1 aromatic rings. The van der Waals surface area contributed by atoms with Crippen LogP contribution in [0.1, 0.15) is 37.0 Å². The van der Waals surface area contributed by atoms with E-state index in [0.29, 0.717) is 17.5 Å². The highest BCUT2D eigenvalue weighted by atomic mass is 19.3. The molecular formula is C13H14F2O3. The molecule has 1 heterocycles. The number of rotatable bonds is 4. The van der Waals surface area contributed by atoms with Crippen LogP contribution in [0.25, 0.3) is 6.08 Å². The molecule has 0 saturated heterocycles. The Balaban J connectivity index is 2.50. The van der Waals surface area contributed by atoms with Crippen molar-refractivity contribution in [3.8, 4) is 11.5 Å². The number of hydrogen-bond acceptors (Lipinski definition) is 3. The number of fused-ring (bicyclic) bond motifs is 1. The lowest BCUT2D eigenvalue weighted by Gasteiger charge is -2.15. The lowest BCUT2D eigenvalue weighted by atomic mass is 9.97.